The van der Waals surface area contributed by atoms with Gasteiger partial charge in [0, 0.05) is 23.7 Å². The van der Waals surface area contributed by atoms with Gasteiger partial charge >= 0.3 is 0 Å². The fraction of sp³-hybridized carbons (Fsp3) is 0.533. The molecule has 0 spiro atoms. The molecular formula is C15H21FN2O2. The number of nitrogens with zero attached hydrogens (tertiary/aromatic N) is 1. The molecule has 2 rings (SSSR count). The molecule has 0 saturated carbocycles. The first kappa shape index (κ1) is 14.9. The average Bonchev–Trinajstić information content (AvgIpc) is 2.66. The summed E-state index contributed by atoms with van der Waals surface area (Å²) in [7, 11) is 0. The van der Waals surface area contributed by atoms with E-state index in [0.717, 1.165) is 32.2 Å². The lowest BCUT2D eigenvalue weighted by molar-refractivity contribution is 0.0999. The van der Waals surface area contributed by atoms with E-state index in [9.17, 15) is 14.3 Å². The number of rotatable bonds is 4. The first-order chi connectivity index (χ1) is 9.61. The summed E-state index contributed by atoms with van der Waals surface area (Å²) in [6.45, 7) is 1.32. The number of aliphatic hydroxyl groups is 1. The number of primary amides is 1. The minimum absolute atomic E-state index is 0.0640. The molecule has 0 aromatic heterocycles. The SMILES string of the molecule is NC(=O)c1ccc(F)c(CN2CCCCCC2CO)c1. The van der Waals surface area contributed by atoms with E-state index in [1.54, 1.807) is 0 Å². The van der Waals surface area contributed by atoms with Gasteiger partial charge in [-0.15, -0.1) is 0 Å². The monoisotopic (exact) mass is 280 g/mol. The van der Waals surface area contributed by atoms with Crippen LogP contribution in [0.4, 0.5) is 4.39 Å². The summed E-state index contributed by atoms with van der Waals surface area (Å²) in [6.07, 6.45) is 4.20. The smallest absolute Gasteiger partial charge is 0.248 e. The fourth-order valence-electron chi connectivity index (χ4n) is 2.72. The molecule has 1 aromatic rings. The van der Waals surface area contributed by atoms with Crippen LogP contribution in [0.1, 0.15) is 41.6 Å². The molecule has 1 fully saturated rings. The molecule has 1 atom stereocenters. The highest BCUT2D eigenvalue weighted by Crippen LogP contribution is 2.21. The Labute approximate surface area is 118 Å². The predicted octanol–water partition coefficient (Wildman–Crippen LogP) is 1.66. The first-order valence-electron chi connectivity index (χ1n) is 7.05. The Balaban J connectivity index is 2.18. The Kier molecular flexibility index (Phi) is 5.09. The Bertz CT molecular complexity index is 479. The van der Waals surface area contributed by atoms with Crippen molar-refractivity contribution in [2.75, 3.05) is 13.2 Å². The van der Waals surface area contributed by atoms with Gasteiger partial charge < -0.3 is 10.8 Å². The van der Waals surface area contributed by atoms with Gasteiger partial charge in [0.1, 0.15) is 5.82 Å². The summed E-state index contributed by atoms with van der Waals surface area (Å²) in [5.41, 5.74) is 6.01. The van der Waals surface area contributed by atoms with Gasteiger partial charge in [-0.05, 0) is 37.6 Å². The van der Waals surface area contributed by atoms with Crippen LogP contribution in [0.25, 0.3) is 0 Å². The van der Waals surface area contributed by atoms with Gasteiger partial charge in [0.05, 0.1) is 6.61 Å². The van der Waals surface area contributed by atoms with Crippen LogP contribution in [-0.4, -0.2) is 35.1 Å². The van der Waals surface area contributed by atoms with Crippen LogP contribution >= 0.6 is 0 Å². The standard InChI is InChI=1S/C15H21FN2O2/c16-14-6-5-11(15(17)20)8-12(14)9-18-7-3-1-2-4-13(18)10-19/h5-6,8,13,19H,1-4,7,9-10H2,(H2,17,20). The highest BCUT2D eigenvalue weighted by Gasteiger charge is 2.21. The Hall–Kier alpha value is -1.46. The summed E-state index contributed by atoms with van der Waals surface area (Å²) >= 11 is 0. The lowest BCUT2D eigenvalue weighted by atomic mass is 10.1. The maximum atomic E-state index is 13.9. The van der Waals surface area contributed by atoms with E-state index >= 15 is 0 Å². The van der Waals surface area contributed by atoms with Crippen molar-refractivity contribution in [1.82, 2.24) is 4.90 Å². The van der Waals surface area contributed by atoms with Crippen LogP contribution in [0.15, 0.2) is 18.2 Å². The van der Waals surface area contributed by atoms with Crippen molar-refractivity contribution in [3.8, 4) is 0 Å². The van der Waals surface area contributed by atoms with E-state index in [1.165, 1.54) is 18.2 Å². The van der Waals surface area contributed by atoms with Crippen molar-refractivity contribution in [2.24, 2.45) is 5.73 Å². The third-order valence-electron chi connectivity index (χ3n) is 3.91. The number of likely N-dealkylation sites (tertiary alicyclic amines) is 1. The van der Waals surface area contributed by atoms with Crippen molar-refractivity contribution in [3.63, 3.8) is 0 Å². The Morgan fingerprint density at radius 3 is 2.90 bits per heavy atom. The first-order valence-corrected chi connectivity index (χ1v) is 7.05. The normalized spacial score (nSPS) is 20.6. The zero-order chi connectivity index (χ0) is 14.5. The number of carbonyl (C=O) groups is 1. The van der Waals surface area contributed by atoms with E-state index in [1.807, 2.05) is 0 Å². The van der Waals surface area contributed by atoms with E-state index in [-0.39, 0.29) is 18.5 Å². The second-order valence-electron chi connectivity index (χ2n) is 5.33. The number of hydrogen-bond acceptors (Lipinski definition) is 3. The number of halogens is 1. The molecule has 0 aliphatic carbocycles. The van der Waals surface area contributed by atoms with Crippen molar-refractivity contribution >= 4 is 5.91 Å². The maximum Gasteiger partial charge on any atom is 0.248 e. The zero-order valence-electron chi connectivity index (χ0n) is 11.5. The molecule has 20 heavy (non-hydrogen) atoms. The second-order valence-corrected chi connectivity index (χ2v) is 5.33. The van der Waals surface area contributed by atoms with Crippen LogP contribution in [-0.2, 0) is 6.54 Å². The van der Waals surface area contributed by atoms with Gasteiger partial charge in [-0.1, -0.05) is 12.8 Å². The highest BCUT2D eigenvalue weighted by molar-refractivity contribution is 5.92. The molecule has 3 N–H and O–H groups in total. The minimum atomic E-state index is -0.555. The number of carbonyl (C=O) groups excluding carboxylic acids is 1. The molecule has 110 valence electrons. The van der Waals surface area contributed by atoms with E-state index < -0.39 is 5.91 Å². The number of nitrogens with two attached hydrogens (primary N) is 1. The average molecular weight is 280 g/mol. The summed E-state index contributed by atoms with van der Waals surface area (Å²) < 4.78 is 13.9. The van der Waals surface area contributed by atoms with Crippen LogP contribution in [0.5, 0.6) is 0 Å². The number of aliphatic hydroxyl groups excluding tert-OH is 1. The van der Waals surface area contributed by atoms with Crippen LogP contribution in [0.3, 0.4) is 0 Å². The third kappa shape index (κ3) is 3.55. The molecule has 5 heteroatoms. The molecular weight excluding hydrogens is 259 g/mol. The van der Waals surface area contributed by atoms with E-state index in [2.05, 4.69) is 4.90 Å². The van der Waals surface area contributed by atoms with Crippen LogP contribution < -0.4 is 5.73 Å². The summed E-state index contributed by atoms with van der Waals surface area (Å²) in [4.78, 5) is 13.3. The summed E-state index contributed by atoms with van der Waals surface area (Å²) in [5, 5.41) is 9.47. The highest BCUT2D eigenvalue weighted by atomic mass is 19.1. The van der Waals surface area contributed by atoms with E-state index in [0.29, 0.717) is 17.7 Å². The lowest BCUT2D eigenvalue weighted by Gasteiger charge is -2.28. The quantitative estimate of drug-likeness (QED) is 0.881. The summed E-state index contributed by atoms with van der Waals surface area (Å²) in [5.74, 6) is -0.892. The largest absolute Gasteiger partial charge is 0.395 e. The molecule has 1 aromatic carbocycles. The topological polar surface area (TPSA) is 66.6 Å². The number of benzene rings is 1. The molecule has 1 saturated heterocycles. The Morgan fingerprint density at radius 1 is 1.40 bits per heavy atom. The van der Waals surface area contributed by atoms with Crippen LogP contribution in [0, 0.1) is 5.82 Å². The van der Waals surface area contributed by atoms with Crippen molar-refractivity contribution in [2.45, 2.75) is 38.3 Å². The fourth-order valence-corrected chi connectivity index (χ4v) is 2.72. The number of amides is 1. The predicted molar refractivity (Wildman–Crippen MR) is 74.7 cm³/mol. The molecule has 1 aliphatic heterocycles. The van der Waals surface area contributed by atoms with Gasteiger partial charge in [-0.2, -0.15) is 0 Å². The van der Waals surface area contributed by atoms with Gasteiger partial charge in [-0.3, -0.25) is 9.69 Å². The minimum Gasteiger partial charge on any atom is -0.395 e. The van der Waals surface area contributed by atoms with Gasteiger partial charge in [0.15, 0.2) is 0 Å². The van der Waals surface area contributed by atoms with E-state index in [4.69, 9.17) is 5.73 Å². The van der Waals surface area contributed by atoms with Gasteiger partial charge in [-0.25, -0.2) is 4.39 Å². The number of hydrogen-bond donors (Lipinski definition) is 2. The molecule has 1 aliphatic rings. The van der Waals surface area contributed by atoms with Gasteiger partial charge in [0.2, 0.25) is 5.91 Å². The molecule has 1 heterocycles. The van der Waals surface area contributed by atoms with Crippen molar-refractivity contribution < 1.29 is 14.3 Å². The Morgan fingerprint density at radius 2 is 2.20 bits per heavy atom. The summed E-state index contributed by atoms with van der Waals surface area (Å²) in [6, 6.07) is 4.25. The molecule has 0 radical (unpaired) electrons. The van der Waals surface area contributed by atoms with Crippen LogP contribution in [0.2, 0.25) is 0 Å². The molecule has 1 unspecified atom stereocenters. The van der Waals surface area contributed by atoms with Crippen molar-refractivity contribution in [1.29, 1.82) is 0 Å². The molecule has 4 nitrogen and oxygen atoms in total. The molecule has 1 amide bonds. The van der Waals surface area contributed by atoms with Crippen molar-refractivity contribution in [3.05, 3.63) is 35.1 Å². The maximum absolute atomic E-state index is 13.9. The second kappa shape index (κ2) is 6.81. The molecule has 0 bridgehead atoms. The zero-order valence-corrected chi connectivity index (χ0v) is 11.5. The van der Waals surface area contributed by atoms with Gasteiger partial charge in [0.25, 0.3) is 0 Å². The lowest BCUT2D eigenvalue weighted by Crippen LogP contribution is -2.37. The third-order valence-corrected chi connectivity index (χ3v) is 3.91.